The number of alkyl halides is 3. The maximum Gasteiger partial charge on any atom is 0.397 e. The van der Waals surface area contributed by atoms with E-state index in [9.17, 15) is 18.0 Å². The Hall–Kier alpha value is -2.06. The van der Waals surface area contributed by atoms with Crippen LogP contribution in [0, 0.1) is 6.92 Å². The van der Waals surface area contributed by atoms with Crippen LogP contribution in [0.4, 0.5) is 24.9 Å². The zero-order chi connectivity index (χ0) is 17.0. The molecule has 9 heteroatoms. The Morgan fingerprint density at radius 2 is 1.91 bits per heavy atom. The quantitative estimate of drug-likeness (QED) is 0.912. The van der Waals surface area contributed by atoms with E-state index in [-0.39, 0.29) is 13.1 Å². The number of aromatic nitrogens is 2. The van der Waals surface area contributed by atoms with Gasteiger partial charge in [-0.2, -0.15) is 18.2 Å². The van der Waals surface area contributed by atoms with Crippen molar-refractivity contribution in [3.63, 3.8) is 0 Å². The molecule has 1 N–H and O–H groups in total. The summed E-state index contributed by atoms with van der Waals surface area (Å²) in [6.07, 6.45) is -5.86. The second-order valence-electron chi connectivity index (χ2n) is 5.38. The van der Waals surface area contributed by atoms with Crippen LogP contribution in [0.25, 0.3) is 0 Å². The number of nitrogens with zero attached hydrogens (tertiary/aromatic N) is 4. The number of hydrogen-bond acceptors (Lipinski definition) is 5. The van der Waals surface area contributed by atoms with E-state index in [1.807, 2.05) is 24.8 Å². The molecule has 0 aromatic carbocycles. The summed E-state index contributed by atoms with van der Waals surface area (Å²) in [5.74, 6) is 0.374. The van der Waals surface area contributed by atoms with Crippen LogP contribution in [0.2, 0.25) is 0 Å². The second kappa shape index (κ2) is 7.01. The van der Waals surface area contributed by atoms with Gasteiger partial charge >= 0.3 is 6.18 Å². The van der Waals surface area contributed by atoms with Gasteiger partial charge in [-0.3, -0.25) is 4.79 Å². The minimum absolute atomic E-state index is 0.258. The SMILES string of the molecule is CCNc1nc(C)cc(N2CCN(C(=O)CC(F)(F)F)CC2)n1. The van der Waals surface area contributed by atoms with E-state index in [1.54, 1.807) is 0 Å². The van der Waals surface area contributed by atoms with Crippen molar-refractivity contribution in [1.82, 2.24) is 14.9 Å². The Kier molecular flexibility index (Phi) is 5.27. The number of amides is 1. The molecule has 1 aromatic heterocycles. The number of aryl methyl sites for hydroxylation is 1. The molecule has 0 unspecified atom stereocenters. The Morgan fingerprint density at radius 3 is 2.48 bits per heavy atom. The minimum atomic E-state index is -4.46. The van der Waals surface area contributed by atoms with E-state index in [1.165, 1.54) is 4.90 Å². The number of hydrogen-bond donors (Lipinski definition) is 1. The Labute approximate surface area is 132 Å². The standard InChI is InChI=1S/C14H20F3N5O/c1-3-18-13-19-10(2)8-11(20-13)21-4-6-22(7-5-21)12(23)9-14(15,16)17/h8H,3-7,9H2,1-2H3,(H,18,19,20). The van der Waals surface area contributed by atoms with Crippen LogP contribution in [0.15, 0.2) is 6.07 Å². The van der Waals surface area contributed by atoms with Gasteiger partial charge in [-0.05, 0) is 13.8 Å². The fourth-order valence-electron chi connectivity index (χ4n) is 2.42. The highest BCUT2D eigenvalue weighted by atomic mass is 19.4. The molecule has 1 aromatic rings. The molecule has 1 fully saturated rings. The van der Waals surface area contributed by atoms with Crippen LogP contribution in [0.3, 0.4) is 0 Å². The molecule has 1 aliphatic heterocycles. The smallest absolute Gasteiger partial charge is 0.354 e. The summed E-state index contributed by atoms with van der Waals surface area (Å²) in [7, 11) is 0. The van der Waals surface area contributed by atoms with E-state index in [0.29, 0.717) is 25.6 Å². The fourth-order valence-corrected chi connectivity index (χ4v) is 2.42. The molecule has 1 saturated heterocycles. The van der Waals surface area contributed by atoms with E-state index >= 15 is 0 Å². The molecule has 1 amide bonds. The zero-order valence-electron chi connectivity index (χ0n) is 13.2. The third kappa shape index (κ3) is 4.97. The molecular formula is C14H20F3N5O. The summed E-state index contributed by atoms with van der Waals surface area (Å²) in [4.78, 5) is 23.5. The third-order valence-electron chi connectivity index (χ3n) is 3.48. The van der Waals surface area contributed by atoms with Crippen LogP contribution < -0.4 is 10.2 Å². The van der Waals surface area contributed by atoms with Crippen molar-refractivity contribution in [3.05, 3.63) is 11.8 Å². The average molecular weight is 331 g/mol. The normalized spacial score (nSPS) is 15.7. The lowest BCUT2D eigenvalue weighted by molar-refractivity contribution is -0.161. The van der Waals surface area contributed by atoms with Gasteiger partial charge in [0.15, 0.2) is 0 Å². The summed E-state index contributed by atoms with van der Waals surface area (Å²) in [6.45, 7) is 5.91. The summed E-state index contributed by atoms with van der Waals surface area (Å²) in [5, 5.41) is 3.04. The molecule has 0 atom stereocenters. The van der Waals surface area contributed by atoms with E-state index in [4.69, 9.17) is 0 Å². The van der Waals surface area contributed by atoms with Crippen molar-refractivity contribution >= 4 is 17.7 Å². The van der Waals surface area contributed by atoms with E-state index in [2.05, 4.69) is 15.3 Å². The van der Waals surface area contributed by atoms with Gasteiger partial charge in [-0.1, -0.05) is 0 Å². The number of piperazine rings is 1. The predicted molar refractivity (Wildman–Crippen MR) is 80.4 cm³/mol. The maximum atomic E-state index is 12.3. The number of carbonyl (C=O) groups is 1. The molecule has 0 aliphatic carbocycles. The molecule has 0 radical (unpaired) electrons. The largest absolute Gasteiger partial charge is 0.397 e. The van der Waals surface area contributed by atoms with Crippen molar-refractivity contribution in [1.29, 1.82) is 0 Å². The van der Waals surface area contributed by atoms with Crippen LogP contribution in [0.5, 0.6) is 0 Å². The molecule has 2 heterocycles. The minimum Gasteiger partial charge on any atom is -0.354 e. The highest BCUT2D eigenvalue weighted by Crippen LogP contribution is 2.22. The first-order chi connectivity index (χ1) is 10.8. The first kappa shape index (κ1) is 17.3. The van der Waals surface area contributed by atoms with Crippen LogP contribution >= 0.6 is 0 Å². The van der Waals surface area contributed by atoms with Crippen molar-refractivity contribution in [2.24, 2.45) is 0 Å². The molecule has 0 spiro atoms. The van der Waals surface area contributed by atoms with Gasteiger partial charge in [0, 0.05) is 44.5 Å². The van der Waals surface area contributed by atoms with Crippen LogP contribution in [-0.4, -0.2) is 59.7 Å². The first-order valence-corrected chi connectivity index (χ1v) is 7.47. The third-order valence-corrected chi connectivity index (χ3v) is 3.48. The van der Waals surface area contributed by atoms with Crippen LogP contribution in [0.1, 0.15) is 19.0 Å². The molecule has 1 aliphatic rings. The first-order valence-electron chi connectivity index (χ1n) is 7.47. The van der Waals surface area contributed by atoms with Gasteiger partial charge in [0.05, 0.1) is 0 Å². The summed E-state index contributed by atoms with van der Waals surface area (Å²) in [5.41, 5.74) is 0.807. The Bertz CT molecular complexity index is 556. The van der Waals surface area contributed by atoms with Gasteiger partial charge in [-0.15, -0.1) is 0 Å². The van der Waals surface area contributed by atoms with Gasteiger partial charge in [0.25, 0.3) is 0 Å². The molecule has 0 saturated carbocycles. The summed E-state index contributed by atoms with van der Waals surface area (Å²) < 4.78 is 36.8. The van der Waals surface area contributed by atoms with E-state index in [0.717, 1.165) is 11.5 Å². The predicted octanol–water partition coefficient (Wildman–Crippen LogP) is 1.82. The number of carbonyl (C=O) groups excluding carboxylic acids is 1. The van der Waals surface area contributed by atoms with Gasteiger partial charge in [0.1, 0.15) is 12.2 Å². The zero-order valence-corrected chi connectivity index (χ0v) is 13.2. The fraction of sp³-hybridized carbons (Fsp3) is 0.643. The number of nitrogens with one attached hydrogen (secondary N) is 1. The Morgan fingerprint density at radius 1 is 1.26 bits per heavy atom. The lowest BCUT2D eigenvalue weighted by Gasteiger charge is -2.35. The molecule has 2 rings (SSSR count). The lowest BCUT2D eigenvalue weighted by atomic mass is 10.2. The topological polar surface area (TPSA) is 61.4 Å². The highest BCUT2D eigenvalue weighted by Gasteiger charge is 2.34. The van der Waals surface area contributed by atoms with Gasteiger partial charge < -0.3 is 15.1 Å². The molecule has 6 nitrogen and oxygen atoms in total. The van der Waals surface area contributed by atoms with Gasteiger partial charge in [0.2, 0.25) is 11.9 Å². The van der Waals surface area contributed by atoms with Crippen LogP contribution in [-0.2, 0) is 4.79 Å². The molecule has 128 valence electrons. The Balaban J connectivity index is 1.98. The van der Waals surface area contributed by atoms with Crippen molar-refractivity contribution < 1.29 is 18.0 Å². The number of rotatable bonds is 4. The maximum absolute atomic E-state index is 12.3. The van der Waals surface area contributed by atoms with Gasteiger partial charge in [-0.25, -0.2) is 4.98 Å². The number of halogens is 3. The molecular weight excluding hydrogens is 311 g/mol. The second-order valence-corrected chi connectivity index (χ2v) is 5.38. The van der Waals surface area contributed by atoms with Crippen molar-refractivity contribution in [3.8, 4) is 0 Å². The highest BCUT2D eigenvalue weighted by molar-refractivity contribution is 5.77. The molecule has 23 heavy (non-hydrogen) atoms. The summed E-state index contributed by atoms with van der Waals surface area (Å²) in [6, 6.07) is 1.83. The molecule has 0 bridgehead atoms. The van der Waals surface area contributed by atoms with Crippen molar-refractivity contribution in [2.45, 2.75) is 26.4 Å². The monoisotopic (exact) mass is 331 g/mol. The van der Waals surface area contributed by atoms with Crippen molar-refractivity contribution in [2.75, 3.05) is 42.9 Å². The van der Waals surface area contributed by atoms with E-state index < -0.39 is 18.5 Å². The average Bonchev–Trinajstić information content (AvgIpc) is 2.45. The number of anilines is 2. The summed E-state index contributed by atoms with van der Waals surface area (Å²) >= 11 is 0. The lowest BCUT2D eigenvalue weighted by Crippen LogP contribution is -2.49.